The highest BCUT2D eigenvalue weighted by atomic mass is 16.2. The van der Waals surface area contributed by atoms with Crippen molar-refractivity contribution in [1.82, 2.24) is 16.0 Å². The van der Waals surface area contributed by atoms with Gasteiger partial charge in [0.2, 0.25) is 18.2 Å². The van der Waals surface area contributed by atoms with Crippen LogP contribution in [0, 0.1) is 5.92 Å². The lowest BCUT2D eigenvalue weighted by Crippen LogP contribution is -2.41. The number of hydrogen-bond donors (Lipinski definition) is 3. The second-order valence-electron chi connectivity index (χ2n) is 4.07. The average molecular weight is 257 g/mol. The monoisotopic (exact) mass is 257 g/mol. The Morgan fingerprint density at radius 1 is 1.17 bits per heavy atom. The Balaban J connectivity index is 3.80. The van der Waals surface area contributed by atoms with Crippen LogP contribution in [0.4, 0.5) is 0 Å². The molecule has 0 heterocycles. The number of amides is 3. The summed E-state index contributed by atoms with van der Waals surface area (Å²) in [4.78, 5) is 43.0. The van der Waals surface area contributed by atoms with Gasteiger partial charge in [0.1, 0.15) is 6.29 Å². The minimum atomic E-state index is -0.509. The van der Waals surface area contributed by atoms with Crippen LogP contribution in [0.15, 0.2) is 0 Å². The van der Waals surface area contributed by atoms with Crippen molar-refractivity contribution in [3.63, 3.8) is 0 Å². The molecule has 102 valence electrons. The highest BCUT2D eigenvalue weighted by molar-refractivity contribution is 5.82. The summed E-state index contributed by atoms with van der Waals surface area (Å²) in [5, 5.41) is 7.22. The standard InChI is InChI=1S/C11H19N3O4/c1-8(2)9(6-15)14-10(17)3-4-13-11(18)5-12-7-16/h6-9H,3-5H2,1-2H3,(H,12,16)(H,13,18)(H,14,17). The number of rotatable bonds is 9. The lowest BCUT2D eigenvalue weighted by Gasteiger charge is -2.16. The van der Waals surface area contributed by atoms with Crippen LogP contribution in [-0.4, -0.2) is 43.6 Å². The van der Waals surface area contributed by atoms with Gasteiger partial charge >= 0.3 is 0 Å². The third-order valence-electron chi connectivity index (χ3n) is 2.21. The van der Waals surface area contributed by atoms with E-state index in [0.717, 1.165) is 0 Å². The molecular formula is C11H19N3O4. The van der Waals surface area contributed by atoms with Crippen molar-refractivity contribution in [3.8, 4) is 0 Å². The molecule has 0 aliphatic carbocycles. The molecule has 0 fully saturated rings. The van der Waals surface area contributed by atoms with Crippen LogP contribution in [0.5, 0.6) is 0 Å². The fourth-order valence-corrected chi connectivity index (χ4v) is 1.13. The van der Waals surface area contributed by atoms with Gasteiger partial charge in [-0.1, -0.05) is 13.8 Å². The van der Waals surface area contributed by atoms with Gasteiger partial charge in [-0.25, -0.2) is 0 Å². The molecule has 0 aromatic heterocycles. The minimum Gasteiger partial charge on any atom is -0.354 e. The molecule has 7 nitrogen and oxygen atoms in total. The molecule has 0 aliphatic heterocycles. The molecule has 0 spiro atoms. The first-order valence-electron chi connectivity index (χ1n) is 5.69. The maximum atomic E-state index is 11.4. The molecule has 0 aromatic rings. The molecule has 0 aromatic carbocycles. The predicted octanol–water partition coefficient (Wildman–Crippen LogP) is -1.42. The molecule has 0 radical (unpaired) electrons. The Hall–Kier alpha value is -1.92. The molecule has 1 atom stereocenters. The van der Waals surface area contributed by atoms with Crippen molar-refractivity contribution in [1.29, 1.82) is 0 Å². The van der Waals surface area contributed by atoms with E-state index in [1.165, 1.54) is 0 Å². The fraction of sp³-hybridized carbons (Fsp3) is 0.636. The van der Waals surface area contributed by atoms with Crippen molar-refractivity contribution < 1.29 is 19.2 Å². The summed E-state index contributed by atoms with van der Waals surface area (Å²) in [5.74, 6) is -0.645. The van der Waals surface area contributed by atoms with Gasteiger partial charge in [-0.15, -0.1) is 0 Å². The van der Waals surface area contributed by atoms with Gasteiger partial charge in [0.05, 0.1) is 12.6 Å². The van der Waals surface area contributed by atoms with E-state index in [-0.39, 0.29) is 37.2 Å². The first-order valence-corrected chi connectivity index (χ1v) is 5.69. The number of nitrogens with one attached hydrogen (secondary N) is 3. The smallest absolute Gasteiger partial charge is 0.239 e. The van der Waals surface area contributed by atoms with E-state index in [0.29, 0.717) is 12.7 Å². The van der Waals surface area contributed by atoms with E-state index in [1.54, 1.807) is 0 Å². The Labute approximate surface area is 106 Å². The molecule has 7 heteroatoms. The Morgan fingerprint density at radius 3 is 2.33 bits per heavy atom. The number of hydrogen-bond acceptors (Lipinski definition) is 4. The van der Waals surface area contributed by atoms with Crippen molar-refractivity contribution in [2.24, 2.45) is 5.92 Å². The van der Waals surface area contributed by atoms with Crippen LogP contribution in [0.3, 0.4) is 0 Å². The summed E-state index contributed by atoms with van der Waals surface area (Å²) in [7, 11) is 0. The molecule has 1 unspecified atom stereocenters. The number of carbonyl (C=O) groups is 4. The maximum Gasteiger partial charge on any atom is 0.239 e. The zero-order chi connectivity index (χ0) is 14.0. The zero-order valence-electron chi connectivity index (χ0n) is 10.6. The highest BCUT2D eigenvalue weighted by Crippen LogP contribution is 1.98. The first-order chi connectivity index (χ1) is 8.51. The largest absolute Gasteiger partial charge is 0.354 e. The summed E-state index contributed by atoms with van der Waals surface area (Å²) >= 11 is 0. The van der Waals surface area contributed by atoms with Crippen LogP contribution in [0.2, 0.25) is 0 Å². The zero-order valence-corrected chi connectivity index (χ0v) is 10.6. The second-order valence-corrected chi connectivity index (χ2v) is 4.07. The van der Waals surface area contributed by atoms with E-state index >= 15 is 0 Å². The summed E-state index contributed by atoms with van der Waals surface area (Å²) in [6.45, 7) is 3.70. The van der Waals surface area contributed by atoms with E-state index in [2.05, 4.69) is 16.0 Å². The topological polar surface area (TPSA) is 104 Å². The van der Waals surface area contributed by atoms with E-state index in [9.17, 15) is 19.2 Å². The van der Waals surface area contributed by atoms with Crippen molar-refractivity contribution in [2.75, 3.05) is 13.1 Å². The van der Waals surface area contributed by atoms with Gasteiger partial charge in [-0.3, -0.25) is 14.4 Å². The van der Waals surface area contributed by atoms with Crippen LogP contribution >= 0.6 is 0 Å². The van der Waals surface area contributed by atoms with Crippen molar-refractivity contribution in [2.45, 2.75) is 26.3 Å². The molecular weight excluding hydrogens is 238 g/mol. The molecule has 3 N–H and O–H groups in total. The Bertz CT molecular complexity index is 305. The molecule has 0 rings (SSSR count). The van der Waals surface area contributed by atoms with Gasteiger partial charge in [0, 0.05) is 13.0 Å². The van der Waals surface area contributed by atoms with Crippen LogP contribution in [-0.2, 0) is 19.2 Å². The molecule has 18 heavy (non-hydrogen) atoms. The van der Waals surface area contributed by atoms with Gasteiger partial charge in [-0.05, 0) is 5.92 Å². The molecule has 0 saturated carbocycles. The maximum absolute atomic E-state index is 11.4. The SMILES string of the molecule is CC(C)C(C=O)NC(=O)CCNC(=O)CNC=O. The van der Waals surface area contributed by atoms with Gasteiger partial charge < -0.3 is 20.7 Å². The van der Waals surface area contributed by atoms with Gasteiger partial charge in [0.15, 0.2) is 0 Å². The molecule has 0 saturated heterocycles. The predicted molar refractivity (Wildman–Crippen MR) is 64.5 cm³/mol. The third kappa shape index (κ3) is 7.37. The van der Waals surface area contributed by atoms with E-state index in [1.807, 2.05) is 13.8 Å². The van der Waals surface area contributed by atoms with Gasteiger partial charge in [0.25, 0.3) is 0 Å². The van der Waals surface area contributed by atoms with Crippen LogP contribution in [0.25, 0.3) is 0 Å². The van der Waals surface area contributed by atoms with E-state index < -0.39 is 6.04 Å². The van der Waals surface area contributed by atoms with E-state index in [4.69, 9.17) is 0 Å². The summed E-state index contributed by atoms with van der Waals surface area (Å²) in [5.41, 5.74) is 0. The summed E-state index contributed by atoms with van der Waals surface area (Å²) in [6.07, 6.45) is 1.20. The second kappa shape index (κ2) is 9.15. The number of carbonyl (C=O) groups excluding carboxylic acids is 4. The lowest BCUT2D eigenvalue weighted by molar-refractivity contribution is -0.125. The van der Waals surface area contributed by atoms with Crippen LogP contribution < -0.4 is 16.0 Å². The molecule has 0 bridgehead atoms. The summed E-state index contributed by atoms with van der Waals surface area (Å²) in [6, 6.07) is -0.509. The lowest BCUT2D eigenvalue weighted by atomic mass is 10.1. The normalized spacial score (nSPS) is 11.5. The highest BCUT2D eigenvalue weighted by Gasteiger charge is 2.14. The third-order valence-corrected chi connectivity index (χ3v) is 2.21. The fourth-order valence-electron chi connectivity index (χ4n) is 1.13. The quantitative estimate of drug-likeness (QED) is 0.441. The van der Waals surface area contributed by atoms with Crippen molar-refractivity contribution in [3.05, 3.63) is 0 Å². The first kappa shape index (κ1) is 16.1. The Kier molecular flexibility index (Phi) is 8.17. The van der Waals surface area contributed by atoms with Crippen LogP contribution in [0.1, 0.15) is 20.3 Å². The minimum absolute atomic E-state index is 0.0258. The molecule has 3 amide bonds. The summed E-state index contributed by atoms with van der Waals surface area (Å²) < 4.78 is 0. The number of aldehydes is 1. The van der Waals surface area contributed by atoms with Gasteiger partial charge in [-0.2, -0.15) is 0 Å². The Morgan fingerprint density at radius 2 is 1.83 bits per heavy atom. The average Bonchev–Trinajstić information content (AvgIpc) is 2.33. The van der Waals surface area contributed by atoms with Crippen molar-refractivity contribution >= 4 is 24.5 Å². The molecule has 0 aliphatic rings.